The Morgan fingerprint density at radius 3 is 2.47 bits per heavy atom. The number of imide groups is 1. The molecule has 4 rings (SSSR count). The first kappa shape index (κ1) is 26.3. The van der Waals surface area contributed by atoms with Gasteiger partial charge in [-0.1, -0.05) is 12.1 Å². The molecule has 0 atom stereocenters. The van der Waals surface area contributed by atoms with E-state index in [0.29, 0.717) is 17.7 Å². The van der Waals surface area contributed by atoms with Crippen molar-refractivity contribution in [3.8, 4) is 0 Å². The van der Waals surface area contributed by atoms with Gasteiger partial charge >= 0.3 is 12.0 Å². The Bertz CT molecular complexity index is 1490. The molecule has 3 aromatic rings. The van der Waals surface area contributed by atoms with Crippen molar-refractivity contribution in [3.05, 3.63) is 81.4 Å². The molecule has 0 bridgehead atoms. The van der Waals surface area contributed by atoms with Crippen LogP contribution in [0.5, 0.6) is 0 Å². The summed E-state index contributed by atoms with van der Waals surface area (Å²) < 4.78 is 14.9. The van der Waals surface area contributed by atoms with Gasteiger partial charge < -0.3 is 25.8 Å². The van der Waals surface area contributed by atoms with Crippen LogP contribution in [-0.2, 0) is 22.6 Å². The Hall–Kier alpha value is -4.77. The number of aromatic nitrogens is 1. The third kappa shape index (κ3) is 5.47. The molecule has 1 aliphatic heterocycles. The van der Waals surface area contributed by atoms with Gasteiger partial charge in [0.05, 0.1) is 23.6 Å². The van der Waals surface area contributed by atoms with E-state index in [9.17, 15) is 23.6 Å². The van der Waals surface area contributed by atoms with Gasteiger partial charge in [-0.05, 0) is 67.3 Å². The lowest BCUT2D eigenvalue weighted by Gasteiger charge is -2.10. The Morgan fingerprint density at radius 1 is 1.11 bits per heavy atom. The largest absolute Gasteiger partial charge is 0.481 e. The molecule has 38 heavy (non-hydrogen) atoms. The van der Waals surface area contributed by atoms with Gasteiger partial charge in [-0.3, -0.25) is 19.7 Å². The molecular weight excluding hydrogens is 495 g/mol. The molecule has 0 spiro atoms. The molecular formula is C27H25FN4O6. The summed E-state index contributed by atoms with van der Waals surface area (Å²) in [5.41, 5.74) is 4.32. The van der Waals surface area contributed by atoms with E-state index in [-0.39, 0.29) is 41.1 Å². The predicted octanol–water partition coefficient (Wildman–Crippen LogP) is 3.73. The number of urea groups is 1. The molecule has 196 valence electrons. The van der Waals surface area contributed by atoms with Crippen molar-refractivity contribution in [2.24, 2.45) is 0 Å². The molecule has 1 aliphatic rings. The summed E-state index contributed by atoms with van der Waals surface area (Å²) in [5, 5.41) is 25.1. The molecule has 0 unspecified atom stereocenters. The summed E-state index contributed by atoms with van der Waals surface area (Å²) in [6, 6.07) is 7.36. The van der Waals surface area contributed by atoms with Gasteiger partial charge in [-0.25, -0.2) is 9.18 Å². The lowest BCUT2D eigenvalue weighted by atomic mass is 10.0. The van der Waals surface area contributed by atoms with Crippen LogP contribution < -0.4 is 16.0 Å². The number of amides is 4. The summed E-state index contributed by atoms with van der Waals surface area (Å²) in [5.74, 6) is -2.92. The van der Waals surface area contributed by atoms with Crippen LogP contribution in [0.25, 0.3) is 11.6 Å². The van der Waals surface area contributed by atoms with Gasteiger partial charge in [-0.2, -0.15) is 0 Å². The quantitative estimate of drug-likeness (QED) is 0.260. The number of aliphatic hydroxyl groups excluding tert-OH is 1. The fourth-order valence-corrected chi connectivity index (χ4v) is 4.25. The van der Waals surface area contributed by atoms with Crippen molar-refractivity contribution in [2.45, 2.75) is 33.3 Å². The monoisotopic (exact) mass is 520 g/mol. The minimum absolute atomic E-state index is 0.0327. The zero-order chi connectivity index (χ0) is 27.6. The topological polar surface area (TPSA) is 161 Å². The molecule has 11 heteroatoms. The van der Waals surface area contributed by atoms with E-state index in [1.807, 2.05) is 13.8 Å². The Labute approximate surface area is 216 Å². The Balaban J connectivity index is 1.52. The maximum Gasteiger partial charge on any atom is 0.326 e. The number of carbonyl (C=O) groups is 4. The minimum atomic E-state index is -0.966. The van der Waals surface area contributed by atoms with E-state index < -0.39 is 29.6 Å². The lowest BCUT2D eigenvalue weighted by molar-refractivity contribution is -0.137. The first-order valence-corrected chi connectivity index (χ1v) is 11.7. The standard InChI is InChI=1S/C27H25FN4O6/c1-13-17(7-8-24(34)35)14(2)29-21(13)10-19-18-9-20(28)23(11-22(18)30-26(19)37)31-27(38)32-25(36)16-5-3-15(12-33)4-6-16/h3-6,9-11,29,33H,7-8,12H2,1-2H3,(H,30,37)(H,34,35)(H2,31,32,36,38)/b19-10-. The molecule has 2 heterocycles. The average Bonchev–Trinajstić information content (AvgIpc) is 3.31. The van der Waals surface area contributed by atoms with E-state index >= 15 is 0 Å². The highest BCUT2D eigenvalue weighted by molar-refractivity contribution is 6.35. The lowest BCUT2D eigenvalue weighted by Crippen LogP contribution is -2.34. The molecule has 0 fully saturated rings. The molecule has 0 aliphatic carbocycles. The van der Waals surface area contributed by atoms with Crippen LogP contribution in [0, 0.1) is 19.7 Å². The highest BCUT2D eigenvalue weighted by atomic mass is 19.1. The van der Waals surface area contributed by atoms with Crippen LogP contribution in [-0.4, -0.2) is 39.0 Å². The number of anilines is 2. The van der Waals surface area contributed by atoms with Gasteiger partial charge in [0.15, 0.2) is 0 Å². The average molecular weight is 521 g/mol. The van der Waals surface area contributed by atoms with Gasteiger partial charge in [-0.15, -0.1) is 0 Å². The fraction of sp³-hybridized carbons (Fsp3) is 0.185. The van der Waals surface area contributed by atoms with Crippen molar-refractivity contribution in [2.75, 3.05) is 10.6 Å². The number of hydrogen-bond acceptors (Lipinski definition) is 5. The summed E-state index contributed by atoms with van der Waals surface area (Å²) in [6.45, 7) is 3.44. The SMILES string of the molecule is Cc1[nH]c(/C=C2\C(=O)Nc3cc(NC(=O)NC(=O)c4ccc(CO)cc4)c(F)cc32)c(C)c1CCC(=O)O. The predicted molar refractivity (Wildman–Crippen MR) is 138 cm³/mol. The van der Waals surface area contributed by atoms with E-state index in [2.05, 4.69) is 20.9 Å². The smallest absolute Gasteiger partial charge is 0.326 e. The number of rotatable bonds is 7. The number of carbonyl (C=O) groups excluding carboxylic acids is 3. The maximum absolute atomic E-state index is 14.9. The summed E-state index contributed by atoms with van der Waals surface area (Å²) in [6.07, 6.45) is 1.88. The number of carboxylic acid groups (broad SMARTS) is 1. The number of aromatic amines is 1. The van der Waals surface area contributed by atoms with Crippen LogP contribution in [0.2, 0.25) is 0 Å². The van der Waals surface area contributed by atoms with Gasteiger partial charge in [0, 0.05) is 28.9 Å². The summed E-state index contributed by atoms with van der Waals surface area (Å²) in [7, 11) is 0. The maximum atomic E-state index is 14.9. The molecule has 0 saturated heterocycles. The van der Waals surface area contributed by atoms with E-state index in [1.165, 1.54) is 30.3 Å². The highest BCUT2D eigenvalue weighted by Gasteiger charge is 2.27. The zero-order valence-corrected chi connectivity index (χ0v) is 20.6. The third-order valence-corrected chi connectivity index (χ3v) is 6.27. The number of aryl methyl sites for hydroxylation is 1. The zero-order valence-electron chi connectivity index (χ0n) is 20.6. The first-order chi connectivity index (χ1) is 18.1. The molecule has 0 radical (unpaired) electrons. The number of benzene rings is 2. The molecule has 1 aromatic heterocycles. The van der Waals surface area contributed by atoms with Crippen LogP contribution in [0.15, 0.2) is 36.4 Å². The third-order valence-electron chi connectivity index (χ3n) is 6.27. The summed E-state index contributed by atoms with van der Waals surface area (Å²) >= 11 is 0. The first-order valence-electron chi connectivity index (χ1n) is 11.7. The minimum Gasteiger partial charge on any atom is -0.481 e. The normalized spacial score (nSPS) is 13.3. The van der Waals surface area contributed by atoms with Gasteiger partial charge in [0.25, 0.3) is 11.8 Å². The molecule has 4 amide bonds. The number of nitrogens with one attached hydrogen (secondary N) is 4. The van der Waals surface area contributed by atoms with Crippen LogP contribution in [0.3, 0.4) is 0 Å². The number of H-pyrrole nitrogens is 1. The highest BCUT2D eigenvalue weighted by Crippen LogP contribution is 2.37. The fourth-order valence-electron chi connectivity index (χ4n) is 4.25. The number of carboxylic acids is 1. The second kappa shape index (κ2) is 10.7. The van der Waals surface area contributed by atoms with Crippen molar-refractivity contribution >= 4 is 46.8 Å². The number of aliphatic hydroxyl groups is 1. The van der Waals surface area contributed by atoms with Crippen molar-refractivity contribution in [1.29, 1.82) is 0 Å². The molecule has 2 aromatic carbocycles. The van der Waals surface area contributed by atoms with E-state index in [4.69, 9.17) is 10.2 Å². The molecule has 10 nitrogen and oxygen atoms in total. The molecule has 6 N–H and O–H groups in total. The second-order valence-electron chi connectivity index (χ2n) is 8.81. The van der Waals surface area contributed by atoms with Crippen LogP contribution in [0.4, 0.5) is 20.6 Å². The van der Waals surface area contributed by atoms with Gasteiger partial charge in [0.1, 0.15) is 5.82 Å². The van der Waals surface area contributed by atoms with Crippen LogP contribution >= 0.6 is 0 Å². The Morgan fingerprint density at radius 2 is 1.82 bits per heavy atom. The number of aliphatic carboxylic acids is 1. The van der Waals surface area contributed by atoms with E-state index in [0.717, 1.165) is 22.9 Å². The van der Waals surface area contributed by atoms with Gasteiger partial charge in [0.2, 0.25) is 0 Å². The van der Waals surface area contributed by atoms with Crippen molar-refractivity contribution < 1.29 is 33.8 Å². The van der Waals surface area contributed by atoms with Crippen molar-refractivity contribution in [1.82, 2.24) is 10.3 Å². The summed E-state index contributed by atoms with van der Waals surface area (Å²) in [4.78, 5) is 51.4. The number of fused-ring (bicyclic) bond motifs is 1. The number of hydrogen-bond donors (Lipinski definition) is 6. The molecule has 0 saturated carbocycles. The number of halogens is 1. The van der Waals surface area contributed by atoms with E-state index in [1.54, 1.807) is 6.08 Å². The second-order valence-corrected chi connectivity index (χ2v) is 8.81. The van der Waals surface area contributed by atoms with Crippen LogP contribution in [0.1, 0.15) is 50.4 Å². The Kier molecular flexibility index (Phi) is 7.40. The van der Waals surface area contributed by atoms with Crippen molar-refractivity contribution in [3.63, 3.8) is 0 Å².